The van der Waals surface area contributed by atoms with Crippen molar-refractivity contribution < 1.29 is 17.6 Å². The molecule has 1 aromatic heterocycles. The van der Waals surface area contributed by atoms with E-state index in [1.54, 1.807) is 11.8 Å². The van der Waals surface area contributed by atoms with Gasteiger partial charge in [-0.1, -0.05) is 18.2 Å². The lowest BCUT2D eigenvalue weighted by Crippen LogP contribution is -2.50. The van der Waals surface area contributed by atoms with Gasteiger partial charge in [0, 0.05) is 37.1 Å². The Bertz CT molecular complexity index is 877. The van der Waals surface area contributed by atoms with Crippen molar-refractivity contribution in [2.75, 3.05) is 31.9 Å². The molecule has 2 aromatic rings. The number of aryl methyl sites for hydroxylation is 2. The van der Waals surface area contributed by atoms with Gasteiger partial charge >= 0.3 is 0 Å². The Labute approximate surface area is 142 Å². The van der Waals surface area contributed by atoms with Crippen LogP contribution in [0.15, 0.2) is 22.6 Å². The van der Waals surface area contributed by atoms with E-state index < -0.39 is 10.0 Å². The van der Waals surface area contributed by atoms with E-state index in [9.17, 15) is 13.2 Å². The maximum absolute atomic E-state index is 12.8. The van der Waals surface area contributed by atoms with E-state index in [2.05, 4.69) is 0 Å². The summed E-state index contributed by atoms with van der Waals surface area (Å²) in [4.78, 5) is 14.5. The maximum atomic E-state index is 12.8. The largest absolute Gasteiger partial charge is 0.450 e. The summed E-state index contributed by atoms with van der Waals surface area (Å²) >= 11 is 0. The predicted octanol–water partition coefficient (Wildman–Crippen LogP) is 2.16. The van der Waals surface area contributed by atoms with Crippen LogP contribution in [0.1, 0.15) is 28.6 Å². The summed E-state index contributed by atoms with van der Waals surface area (Å²) in [6.07, 6.45) is 0. The third kappa shape index (κ3) is 2.82. The average Bonchev–Trinajstić information content (AvgIpc) is 2.93. The Hall–Kier alpha value is -1.86. The number of hydrogen-bond acceptors (Lipinski definition) is 4. The Balaban J connectivity index is 1.82. The monoisotopic (exact) mass is 350 g/mol. The second-order valence-corrected chi connectivity index (χ2v) is 8.36. The molecule has 7 heteroatoms. The van der Waals surface area contributed by atoms with Crippen molar-refractivity contribution in [3.63, 3.8) is 0 Å². The molecule has 1 fully saturated rings. The highest BCUT2D eigenvalue weighted by Crippen LogP contribution is 2.28. The summed E-state index contributed by atoms with van der Waals surface area (Å²) in [5, 5.41) is 0.950. The summed E-state index contributed by atoms with van der Waals surface area (Å²) in [5.41, 5.74) is 2.57. The highest BCUT2D eigenvalue weighted by Gasteiger charge is 2.30. The Morgan fingerprint density at radius 2 is 1.83 bits per heavy atom. The SMILES string of the molecule is CCS(=O)(=O)N1CCN(C(=O)c2oc3c(C)cccc3c2C)CC1. The van der Waals surface area contributed by atoms with E-state index in [4.69, 9.17) is 4.42 Å². The summed E-state index contributed by atoms with van der Waals surface area (Å²) in [6, 6.07) is 5.85. The smallest absolute Gasteiger partial charge is 0.289 e. The summed E-state index contributed by atoms with van der Waals surface area (Å²) < 4.78 is 31.1. The molecule has 0 N–H and O–H groups in total. The van der Waals surface area contributed by atoms with E-state index in [-0.39, 0.29) is 11.7 Å². The third-order valence-corrected chi connectivity index (χ3v) is 6.52. The molecule has 2 heterocycles. The molecule has 1 aliphatic rings. The highest BCUT2D eigenvalue weighted by molar-refractivity contribution is 7.89. The molecule has 0 aliphatic carbocycles. The van der Waals surface area contributed by atoms with Crippen molar-refractivity contribution >= 4 is 26.9 Å². The summed E-state index contributed by atoms with van der Waals surface area (Å²) in [6.45, 7) is 6.90. The molecule has 0 bridgehead atoms. The molecule has 1 amide bonds. The average molecular weight is 350 g/mol. The van der Waals surface area contributed by atoms with Crippen LogP contribution in [0.5, 0.6) is 0 Å². The van der Waals surface area contributed by atoms with Crippen LogP contribution in [0.3, 0.4) is 0 Å². The zero-order chi connectivity index (χ0) is 17.5. The van der Waals surface area contributed by atoms with Gasteiger partial charge in [0.05, 0.1) is 5.75 Å². The van der Waals surface area contributed by atoms with Gasteiger partial charge < -0.3 is 9.32 Å². The maximum Gasteiger partial charge on any atom is 0.289 e. The molecule has 3 rings (SSSR count). The Morgan fingerprint density at radius 1 is 1.17 bits per heavy atom. The van der Waals surface area contributed by atoms with Crippen molar-refractivity contribution in [3.8, 4) is 0 Å². The molecule has 24 heavy (non-hydrogen) atoms. The molecule has 6 nitrogen and oxygen atoms in total. The number of carbonyl (C=O) groups excluding carboxylic acids is 1. The van der Waals surface area contributed by atoms with Crippen LogP contribution >= 0.6 is 0 Å². The number of para-hydroxylation sites is 1. The second kappa shape index (κ2) is 6.22. The molecule has 0 radical (unpaired) electrons. The van der Waals surface area contributed by atoms with Gasteiger partial charge in [-0.15, -0.1) is 0 Å². The fourth-order valence-corrected chi connectivity index (χ4v) is 4.17. The molecule has 1 aromatic carbocycles. The van der Waals surface area contributed by atoms with Crippen molar-refractivity contribution in [2.24, 2.45) is 0 Å². The van der Waals surface area contributed by atoms with Crippen molar-refractivity contribution in [3.05, 3.63) is 35.1 Å². The van der Waals surface area contributed by atoms with E-state index >= 15 is 0 Å². The predicted molar refractivity (Wildman–Crippen MR) is 92.6 cm³/mol. The first-order valence-electron chi connectivity index (χ1n) is 8.11. The number of hydrogen-bond donors (Lipinski definition) is 0. The number of benzene rings is 1. The zero-order valence-electron chi connectivity index (χ0n) is 14.2. The molecular formula is C17H22N2O4S. The normalized spacial score (nSPS) is 16.7. The van der Waals surface area contributed by atoms with Crippen LogP contribution in [0.4, 0.5) is 0 Å². The number of furan rings is 1. The van der Waals surface area contributed by atoms with Crippen molar-refractivity contribution in [2.45, 2.75) is 20.8 Å². The molecule has 1 aliphatic heterocycles. The van der Waals surface area contributed by atoms with E-state index in [0.29, 0.717) is 31.9 Å². The lowest BCUT2D eigenvalue weighted by molar-refractivity contribution is 0.0667. The molecular weight excluding hydrogens is 328 g/mol. The van der Waals surface area contributed by atoms with Gasteiger partial charge in [-0.2, -0.15) is 4.31 Å². The molecule has 0 saturated carbocycles. The number of rotatable bonds is 3. The number of amides is 1. The Kier molecular flexibility index (Phi) is 4.40. The van der Waals surface area contributed by atoms with Gasteiger partial charge in [-0.25, -0.2) is 8.42 Å². The molecule has 0 unspecified atom stereocenters. The summed E-state index contributed by atoms with van der Waals surface area (Å²) in [7, 11) is -3.20. The lowest BCUT2D eigenvalue weighted by Gasteiger charge is -2.33. The zero-order valence-corrected chi connectivity index (χ0v) is 15.0. The van der Waals surface area contributed by atoms with Crippen molar-refractivity contribution in [1.82, 2.24) is 9.21 Å². The van der Waals surface area contributed by atoms with Gasteiger partial charge in [0.15, 0.2) is 5.76 Å². The quantitative estimate of drug-likeness (QED) is 0.850. The number of nitrogens with zero attached hydrogens (tertiary/aromatic N) is 2. The fourth-order valence-electron chi connectivity index (χ4n) is 3.08. The molecule has 130 valence electrons. The first-order chi connectivity index (χ1) is 11.3. The second-order valence-electron chi connectivity index (χ2n) is 6.10. The van der Waals surface area contributed by atoms with Crippen LogP contribution in [0.2, 0.25) is 0 Å². The van der Waals surface area contributed by atoms with E-state index in [1.165, 1.54) is 4.31 Å². The van der Waals surface area contributed by atoms with Gasteiger partial charge in [-0.3, -0.25) is 4.79 Å². The fraction of sp³-hybridized carbons (Fsp3) is 0.471. The Morgan fingerprint density at radius 3 is 2.42 bits per heavy atom. The van der Waals surface area contributed by atoms with Crippen molar-refractivity contribution in [1.29, 1.82) is 0 Å². The molecule has 0 atom stereocenters. The first-order valence-corrected chi connectivity index (χ1v) is 9.72. The van der Waals surface area contributed by atoms with Gasteiger partial charge in [0.2, 0.25) is 10.0 Å². The third-order valence-electron chi connectivity index (χ3n) is 4.64. The number of carbonyl (C=O) groups is 1. The minimum absolute atomic E-state index is 0.0862. The highest BCUT2D eigenvalue weighted by atomic mass is 32.2. The minimum atomic E-state index is -3.20. The van der Waals surface area contributed by atoms with Gasteiger partial charge in [0.1, 0.15) is 5.58 Å². The van der Waals surface area contributed by atoms with Crippen LogP contribution < -0.4 is 0 Å². The molecule has 1 saturated heterocycles. The van der Waals surface area contributed by atoms with E-state index in [0.717, 1.165) is 22.1 Å². The molecule has 0 spiro atoms. The van der Waals surface area contributed by atoms with Crippen LogP contribution in [-0.4, -0.2) is 55.5 Å². The summed E-state index contributed by atoms with van der Waals surface area (Å²) in [5.74, 6) is 0.269. The number of fused-ring (bicyclic) bond motifs is 1. The van der Waals surface area contributed by atoms with Crippen LogP contribution in [0.25, 0.3) is 11.0 Å². The number of piperazine rings is 1. The minimum Gasteiger partial charge on any atom is -0.450 e. The van der Waals surface area contributed by atoms with Crippen LogP contribution in [0, 0.1) is 13.8 Å². The van der Waals surface area contributed by atoms with E-state index in [1.807, 2.05) is 32.0 Å². The number of sulfonamides is 1. The topological polar surface area (TPSA) is 70.8 Å². The van der Waals surface area contributed by atoms with Crippen LogP contribution in [-0.2, 0) is 10.0 Å². The lowest BCUT2D eigenvalue weighted by atomic mass is 10.1. The standard InChI is InChI=1S/C17H22N2O4S/c1-4-24(21,22)19-10-8-18(9-11-19)17(20)16-13(3)14-7-5-6-12(2)15(14)23-16/h5-7H,4,8-11H2,1-3H3. The first kappa shape index (κ1) is 17.0. The van der Waals surface area contributed by atoms with Gasteiger partial charge in [0.25, 0.3) is 5.91 Å². The van der Waals surface area contributed by atoms with Gasteiger partial charge in [-0.05, 0) is 26.3 Å².